The zero-order valence-corrected chi connectivity index (χ0v) is 13.2. The lowest BCUT2D eigenvalue weighted by Crippen LogP contribution is -2.30. The molecule has 0 bridgehead atoms. The van der Waals surface area contributed by atoms with Gasteiger partial charge < -0.3 is 15.0 Å². The molecule has 0 aliphatic rings. The molecule has 120 valence electrons. The van der Waals surface area contributed by atoms with Crippen LogP contribution in [-0.4, -0.2) is 42.0 Å². The van der Waals surface area contributed by atoms with Crippen molar-refractivity contribution >= 4 is 23.3 Å². The molecule has 0 aliphatic carbocycles. The van der Waals surface area contributed by atoms with Gasteiger partial charge in [0, 0.05) is 37.9 Å². The summed E-state index contributed by atoms with van der Waals surface area (Å²) in [4.78, 5) is 33.4. The molecular formula is C16H18N4O3. The van der Waals surface area contributed by atoms with Crippen LogP contribution in [0.1, 0.15) is 17.4 Å². The number of hydrogen-bond donors (Lipinski definition) is 1. The largest absolute Gasteiger partial charge is 0.448 e. The molecule has 1 unspecified atom stereocenters. The number of benzene rings is 1. The Kier molecular flexibility index (Phi) is 5.24. The summed E-state index contributed by atoms with van der Waals surface area (Å²) >= 11 is 0. The van der Waals surface area contributed by atoms with Crippen LogP contribution in [0.5, 0.6) is 0 Å². The van der Waals surface area contributed by atoms with Crippen molar-refractivity contribution in [3.05, 3.63) is 48.5 Å². The van der Waals surface area contributed by atoms with Gasteiger partial charge in [-0.25, -0.2) is 9.78 Å². The first-order chi connectivity index (χ1) is 11.0. The van der Waals surface area contributed by atoms with Crippen LogP contribution in [0.25, 0.3) is 0 Å². The third-order valence-electron chi connectivity index (χ3n) is 3.08. The monoisotopic (exact) mass is 314 g/mol. The number of ether oxygens (including phenoxy) is 1. The van der Waals surface area contributed by atoms with E-state index in [1.54, 1.807) is 12.1 Å². The number of nitrogens with zero attached hydrogens (tertiary/aromatic N) is 3. The Morgan fingerprint density at radius 3 is 2.43 bits per heavy atom. The highest BCUT2D eigenvalue weighted by molar-refractivity contribution is 5.96. The fourth-order valence-corrected chi connectivity index (χ4v) is 1.77. The second kappa shape index (κ2) is 7.35. The number of rotatable bonds is 5. The van der Waals surface area contributed by atoms with E-state index in [1.807, 2.05) is 31.1 Å². The van der Waals surface area contributed by atoms with Crippen molar-refractivity contribution in [2.24, 2.45) is 0 Å². The molecule has 1 N–H and O–H groups in total. The second-order valence-corrected chi connectivity index (χ2v) is 5.07. The molecule has 1 aromatic carbocycles. The molecule has 0 saturated heterocycles. The van der Waals surface area contributed by atoms with Crippen molar-refractivity contribution in [2.75, 3.05) is 24.3 Å². The van der Waals surface area contributed by atoms with E-state index >= 15 is 0 Å². The van der Waals surface area contributed by atoms with Gasteiger partial charge in [-0.15, -0.1) is 0 Å². The Morgan fingerprint density at radius 2 is 1.87 bits per heavy atom. The Labute approximate surface area is 134 Å². The molecule has 0 fully saturated rings. The molecule has 0 aliphatic heterocycles. The highest BCUT2D eigenvalue weighted by Gasteiger charge is 2.19. The molecule has 1 heterocycles. The number of anilines is 2. The number of amides is 1. The SMILES string of the molecule is CC(OC(=O)c1cnccn1)C(=O)Nc1ccc(N(C)C)cc1. The van der Waals surface area contributed by atoms with Gasteiger partial charge in [0.05, 0.1) is 6.20 Å². The Balaban J connectivity index is 1.93. The summed E-state index contributed by atoms with van der Waals surface area (Å²) in [6.45, 7) is 1.50. The van der Waals surface area contributed by atoms with Crippen LogP contribution in [-0.2, 0) is 9.53 Å². The zero-order chi connectivity index (χ0) is 16.8. The van der Waals surface area contributed by atoms with E-state index in [0.29, 0.717) is 5.69 Å². The number of aromatic nitrogens is 2. The maximum absolute atomic E-state index is 12.1. The molecule has 1 aromatic heterocycles. The molecule has 1 amide bonds. The van der Waals surface area contributed by atoms with Gasteiger partial charge in [-0.3, -0.25) is 9.78 Å². The summed E-state index contributed by atoms with van der Waals surface area (Å²) in [6, 6.07) is 7.33. The average Bonchev–Trinajstić information content (AvgIpc) is 2.56. The van der Waals surface area contributed by atoms with Gasteiger partial charge in [0.25, 0.3) is 5.91 Å². The Hall–Kier alpha value is -2.96. The second-order valence-electron chi connectivity index (χ2n) is 5.07. The summed E-state index contributed by atoms with van der Waals surface area (Å²) in [5, 5.41) is 2.69. The number of nitrogens with one attached hydrogen (secondary N) is 1. The maximum Gasteiger partial charge on any atom is 0.359 e. The topological polar surface area (TPSA) is 84.4 Å². The molecule has 7 nitrogen and oxygen atoms in total. The number of hydrogen-bond acceptors (Lipinski definition) is 6. The Bertz CT molecular complexity index is 671. The first-order valence-electron chi connectivity index (χ1n) is 7.02. The van der Waals surface area contributed by atoms with Gasteiger partial charge >= 0.3 is 5.97 Å². The summed E-state index contributed by atoms with van der Waals surface area (Å²) in [5.74, 6) is -1.11. The smallest absolute Gasteiger partial charge is 0.359 e. The number of carbonyl (C=O) groups excluding carboxylic acids is 2. The van der Waals surface area contributed by atoms with Gasteiger partial charge in [-0.2, -0.15) is 0 Å². The lowest BCUT2D eigenvalue weighted by molar-refractivity contribution is -0.123. The summed E-state index contributed by atoms with van der Waals surface area (Å²) in [5.41, 5.74) is 1.70. The molecule has 2 rings (SSSR count). The molecule has 0 radical (unpaired) electrons. The van der Waals surface area contributed by atoms with Crippen LogP contribution >= 0.6 is 0 Å². The van der Waals surface area contributed by atoms with E-state index in [4.69, 9.17) is 4.74 Å². The van der Waals surface area contributed by atoms with Gasteiger partial charge in [-0.1, -0.05) is 0 Å². The third-order valence-corrected chi connectivity index (χ3v) is 3.08. The molecule has 7 heteroatoms. The summed E-state index contributed by atoms with van der Waals surface area (Å²) in [7, 11) is 3.86. The van der Waals surface area contributed by atoms with Crippen LogP contribution in [0.3, 0.4) is 0 Å². The quantitative estimate of drug-likeness (QED) is 0.846. The fourth-order valence-electron chi connectivity index (χ4n) is 1.77. The predicted octanol–water partition coefficient (Wildman–Crippen LogP) is 1.73. The lowest BCUT2D eigenvalue weighted by atomic mass is 10.2. The maximum atomic E-state index is 12.1. The molecule has 23 heavy (non-hydrogen) atoms. The minimum atomic E-state index is -0.946. The lowest BCUT2D eigenvalue weighted by Gasteiger charge is -2.15. The minimum absolute atomic E-state index is 0.0579. The minimum Gasteiger partial charge on any atom is -0.448 e. The van der Waals surface area contributed by atoms with Crippen molar-refractivity contribution in [1.82, 2.24) is 9.97 Å². The zero-order valence-electron chi connectivity index (χ0n) is 13.2. The van der Waals surface area contributed by atoms with Gasteiger partial charge in [0.2, 0.25) is 0 Å². The standard InChI is InChI=1S/C16H18N4O3/c1-11(23-16(22)14-10-17-8-9-18-14)15(21)19-12-4-6-13(7-5-12)20(2)3/h4-11H,1-3H3,(H,19,21). The third kappa shape index (κ3) is 4.50. The molecule has 1 atom stereocenters. The van der Waals surface area contributed by atoms with Crippen molar-refractivity contribution in [2.45, 2.75) is 13.0 Å². The van der Waals surface area contributed by atoms with Crippen LogP contribution in [0, 0.1) is 0 Å². The first-order valence-corrected chi connectivity index (χ1v) is 7.02. The van der Waals surface area contributed by atoms with E-state index < -0.39 is 18.0 Å². The normalized spacial score (nSPS) is 11.4. The van der Waals surface area contributed by atoms with E-state index in [-0.39, 0.29) is 5.69 Å². The predicted molar refractivity (Wildman–Crippen MR) is 86.3 cm³/mol. The molecule has 0 spiro atoms. The molecule has 2 aromatic rings. The number of esters is 1. The highest BCUT2D eigenvalue weighted by Crippen LogP contribution is 2.16. The first kappa shape index (κ1) is 16.4. The Morgan fingerprint density at radius 1 is 1.17 bits per heavy atom. The van der Waals surface area contributed by atoms with Crippen LogP contribution in [0.15, 0.2) is 42.9 Å². The molecule has 0 saturated carbocycles. The van der Waals surface area contributed by atoms with E-state index in [1.165, 1.54) is 25.5 Å². The highest BCUT2D eigenvalue weighted by atomic mass is 16.5. The van der Waals surface area contributed by atoms with Gasteiger partial charge in [-0.05, 0) is 31.2 Å². The van der Waals surface area contributed by atoms with E-state index in [0.717, 1.165) is 5.69 Å². The van der Waals surface area contributed by atoms with Gasteiger partial charge in [0.1, 0.15) is 0 Å². The fraction of sp³-hybridized carbons (Fsp3) is 0.250. The van der Waals surface area contributed by atoms with Crippen molar-refractivity contribution in [3.8, 4) is 0 Å². The van der Waals surface area contributed by atoms with Crippen molar-refractivity contribution in [1.29, 1.82) is 0 Å². The average molecular weight is 314 g/mol. The van der Waals surface area contributed by atoms with Crippen LogP contribution < -0.4 is 10.2 Å². The van der Waals surface area contributed by atoms with Crippen molar-refractivity contribution < 1.29 is 14.3 Å². The summed E-state index contributed by atoms with van der Waals surface area (Å²) < 4.78 is 5.07. The van der Waals surface area contributed by atoms with Crippen LogP contribution in [0.2, 0.25) is 0 Å². The van der Waals surface area contributed by atoms with Crippen molar-refractivity contribution in [3.63, 3.8) is 0 Å². The summed E-state index contributed by atoms with van der Waals surface area (Å²) in [6.07, 6.45) is 3.17. The van der Waals surface area contributed by atoms with E-state index in [2.05, 4.69) is 15.3 Å². The molecular weight excluding hydrogens is 296 g/mol. The van der Waals surface area contributed by atoms with Crippen LogP contribution in [0.4, 0.5) is 11.4 Å². The number of carbonyl (C=O) groups is 2. The van der Waals surface area contributed by atoms with E-state index in [9.17, 15) is 9.59 Å². The van der Waals surface area contributed by atoms with Gasteiger partial charge in [0.15, 0.2) is 11.8 Å².